The minimum absolute atomic E-state index is 0.538. The lowest BCUT2D eigenvalue weighted by Crippen LogP contribution is -2.38. The van der Waals surface area contributed by atoms with Crippen LogP contribution in [0.25, 0.3) is 11.5 Å². The molecule has 2 bridgehead atoms. The predicted molar refractivity (Wildman–Crippen MR) is 98.7 cm³/mol. The molecule has 10 heteroatoms. The number of aromatic nitrogens is 3. The number of rotatable bonds is 4. The van der Waals surface area contributed by atoms with Crippen molar-refractivity contribution in [3.63, 3.8) is 0 Å². The van der Waals surface area contributed by atoms with E-state index in [9.17, 15) is 9.59 Å². The average molecular weight is 387 g/mol. The second kappa shape index (κ2) is 9.09. The molecule has 28 heavy (non-hydrogen) atoms. The molecule has 3 saturated heterocycles. The molecule has 2 N–H and O–H groups in total. The second-order valence-electron chi connectivity index (χ2n) is 6.41. The van der Waals surface area contributed by atoms with E-state index < -0.39 is 11.9 Å². The van der Waals surface area contributed by atoms with Crippen LogP contribution in [-0.4, -0.2) is 74.5 Å². The number of carboxylic acid groups (broad SMARTS) is 2. The van der Waals surface area contributed by atoms with Gasteiger partial charge in [0, 0.05) is 56.8 Å². The zero-order chi connectivity index (χ0) is 19.9. The molecular weight excluding hydrogens is 366 g/mol. The number of nitrogens with zero attached hydrogens (tertiary/aromatic N) is 5. The third-order valence-corrected chi connectivity index (χ3v) is 4.59. The largest absolute Gasteiger partial charge is 0.478 e. The van der Waals surface area contributed by atoms with Gasteiger partial charge in [-0.2, -0.15) is 0 Å². The van der Waals surface area contributed by atoms with Gasteiger partial charge in [-0.05, 0) is 25.0 Å². The number of carboxylic acids is 2. The van der Waals surface area contributed by atoms with Crippen LogP contribution < -0.4 is 4.90 Å². The van der Waals surface area contributed by atoms with Crippen molar-refractivity contribution in [1.82, 2.24) is 20.1 Å². The van der Waals surface area contributed by atoms with E-state index in [1.165, 1.54) is 25.9 Å². The van der Waals surface area contributed by atoms with Crippen LogP contribution in [0.3, 0.4) is 0 Å². The smallest absolute Gasteiger partial charge is 0.328 e. The van der Waals surface area contributed by atoms with Crippen LogP contribution in [0.15, 0.2) is 41.1 Å². The van der Waals surface area contributed by atoms with Crippen molar-refractivity contribution in [2.75, 3.05) is 31.1 Å². The zero-order valence-electron chi connectivity index (χ0n) is 15.1. The summed E-state index contributed by atoms with van der Waals surface area (Å²) in [5.74, 6) is -1.97. The lowest BCUT2D eigenvalue weighted by molar-refractivity contribution is -0.134. The predicted octanol–water partition coefficient (Wildman–Crippen LogP) is 1.13. The van der Waals surface area contributed by atoms with Crippen LogP contribution in [-0.2, 0) is 9.59 Å². The summed E-state index contributed by atoms with van der Waals surface area (Å²) in [5.41, 5.74) is 0.870. The summed E-state index contributed by atoms with van der Waals surface area (Å²) in [4.78, 5) is 28.0. The van der Waals surface area contributed by atoms with E-state index in [4.69, 9.17) is 14.6 Å². The fraction of sp³-hybridized carbons (Fsp3) is 0.389. The van der Waals surface area contributed by atoms with Gasteiger partial charge in [0.1, 0.15) is 0 Å². The second-order valence-corrected chi connectivity index (χ2v) is 6.41. The molecule has 3 aliphatic heterocycles. The van der Waals surface area contributed by atoms with Gasteiger partial charge in [-0.15, -0.1) is 5.10 Å². The van der Waals surface area contributed by atoms with Gasteiger partial charge in [-0.25, -0.2) is 9.59 Å². The van der Waals surface area contributed by atoms with Gasteiger partial charge < -0.3 is 24.4 Å². The molecule has 2 aromatic heterocycles. The number of aliphatic carboxylic acids is 2. The fourth-order valence-corrected chi connectivity index (χ4v) is 3.22. The number of piperidine rings is 1. The first-order chi connectivity index (χ1) is 13.5. The molecule has 0 unspecified atom stereocenters. The first-order valence-electron chi connectivity index (χ1n) is 8.90. The van der Waals surface area contributed by atoms with E-state index in [1.54, 1.807) is 12.4 Å². The van der Waals surface area contributed by atoms with Crippen molar-refractivity contribution >= 4 is 18.0 Å². The maximum Gasteiger partial charge on any atom is 0.328 e. The Hall–Kier alpha value is -3.27. The van der Waals surface area contributed by atoms with Crippen molar-refractivity contribution in [2.45, 2.75) is 18.9 Å². The van der Waals surface area contributed by atoms with Gasteiger partial charge >= 0.3 is 18.0 Å². The summed E-state index contributed by atoms with van der Waals surface area (Å²) < 4.78 is 5.86. The Morgan fingerprint density at radius 1 is 1.07 bits per heavy atom. The number of hydrogen-bond donors (Lipinski definition) is 2. The Labute approximate surface area is 161 Å². The van der Waals surface area contributed by atoms with E-state index in [-0.39, 0.29) is 0 Å². The number of pyridine rings is 1. The van der Waals surface area contributed by atoms with Crippen molar-refractivity contribution in [3.8, 4) is 11.5 Å². The van der Waals surface area contributed by atoms with E-state index in [0.29, 0.717) is 30.1 Å². The quantitative estimate of drug-likeness (QED) is 0.735. The lowest BCUT2D eigenvalue weighted by Gasteiger charge is -2.29. The molecule has 0 spiro atoms. The molecular formula is C18H21N5O5. The highest BCUT2D eigenvalue weighted by Gasteiger charge is 2.31. The highest BCUT2D eigenvalue weighted by Crippen LogP contribution is 2.28. The van der Waals surface area contributed by atoms with Gasteiger partial charge in [-0.3, -0.25) is 4.98 Å². The first-order valence-corrected chi connectivity index (χ1v) is 8.90. The summed E-state index contributed by atoms with van der Waals surface area (Å²) in [6, 6.07) is 5.00. The van der Waals surface area contributed by atoms with Gasteiger partial charge in [0.2, 0.25) is 0 Å². The molecule has 10 nitrogen and oxygen atoms in total. The Bertz CT molecular complexity index is 814. The fourth-order valence-electron chi connectivity index (χ4n) is 3.22. The third kappa shape index (κ3) is 5.13. The molecule has 5 heterocycles. The third-order valence-electron chi connectivity index (χ3n) is 4.59. The van der Waals surface area contributed by atoms with Crippen molar-refractivity contribution < 1.29 is 24.2 Å². The van der Waals surface area contributed by atoms with Crippen molar-refractivity contribution in [3.05, 3.63) is 36.7 Å². The number of carbonyl (C=O) groups is 2. The van der Waals surface area contributed by atoms with Gasteiger partial charge in [-0.1, -0.05) is 5.10 Å². The molecule has 0 amide bonds. The Morgan fingerprint density at radius 3 is 2.39 bits per heavy atom. The molecule has 0 aromatic carbocycles. The molecule has 0 aliphatic carbocycles. The molecule has 3 fully saturated rings. The SMILES string of the molecule is O=C(O)/C=C/C(=O)O.c1cncc(-c2nnc(N3CCN4CCC3CC4)o2)c1. The molecule has 5 rings (SSSR count). The lowest BCUT2D eigenvalue weighted by atomic mass is 10.1. The number of fused-ring (bicyclic) bond motifs is 4. The summed E-state index contributed by atoms with van der Waals surface area (Å²) >= 11 is 0. The van der Waals surface area contributed by atoms with Crippen LogP contribution in [0.2, 0.25) is 0 Å². The molecule has 0 atom stereocenters. The summed E-state index contributed by atoms with van der Waals surface area (Å²) in [6.45, 7) is 4.43. The van der Waals surface area contributed by atoms with Crippen molar-refractivity contribution in [1.29, 1.82) is 0 Å². The molecule has 2 aromatic rings. The number of hydrogen-bond acceptors (Lipinski definition) is 8. The van der Waals surface area contributed by atoms with Crippen molar-refractivity contribution in [2.24, 2.45) is 0 Å². The average Bonchev–Trinajstić information content (AvgIpc) is 3.00. The van der Waals surface area contributed by atoms with E-state index in [0.717, 1.165) is 18.7 Å². The molecule has 3 aliphatic rings. The topological polar surface area (TPSA) is 133 Å². The Morgan fingerprint density at radius 2 is 1.79 bits per heavy atom. The standard InChI is InChI=1S/C14H17N5O.C4H4O4/c1-2-11(10-15-5-1)13-16-17-14(20-13)19-9-8-18-6-3-12(19)4-7-18;5-3(6)1-2-4(7)8/h1-2,5,10,12H,3-4,6-9H2;1-2H,(H,5,6)(H,7,8)/b;2-1+. The van der Waals surface area contributed by atoms with E-state index in [1.807, 2.05) is 12.1 Å². The Kier molecular flexibility index (Phi) is 6.33. The zero-order valence-corrected chi connectivity index (χ0v) is 15.1. The Balaban J connectivity index is 0.000000242. The summed E-state index contributed by atoms with van der Waals surface area (Å²) in [5, 5.41) is 24.0. The van der Waals surface area contributed by atoms with Crippen LogP contribution in [0.1, 0.15) is 12.8 Å². The van der Waals surface area contributed by atoms with E-state index >= 15 is 0 Å². The number of anilines is 1. The van der Waals surface area contributed by atoms with E-state index in [2.05, 4.69) is 25.0 Å². The normalized spacial score (nSPS) is 21.1. The molecule has 148 valence electrons. The first kappa shape index (κ1) is 19.5. The monoisotopic (exact) mass is 387 g/mol. The van der Waals surface area contributed by atoms with Crippen LogP contribution in [0.5, 0.6) is 0 Å². The highest BCUT2D eigenvalue weighted by atomic mass is 16.4. The highest BCUT2D eigenvalue weighted by molar-refractivity contribution is 5.89. The minimum atomic E-state index is -1.26. The van der Waals surface area contributed by atoms with Gasteiger partial charge in [0.05, 0.1) is 5.56 Å². The maximum atomic E-state index is 9.55. The molecule has 0 saturated carbocycles. The maximum absolute atomic E-state index is 9.55. The van der Waals surface area contributed by atoms with Crippen LogP contribution in [0.4, 0.5) is 6.01 Å². The van der Waals surface area contributed by atoms with Crippen LogP contribution >= 0.6 is 0 Å². The molecule has 0 radical (unpaired) electrons. The summed E-state index contributed by atoms with van der Waals surface area (Å²) in [7, 11) is 0. The minimum Gasteiger partial charge on any atom is -0.478 e. The van der Waals surface area contributed by atoms with Gasteiger partial charge in [0.15, 0.2) is 0 Å². The van der Waals surface area contributed by atoms with Gasteiger partial charge in [0.25, 0.3) is 5.89 Å². The van der Waals surface area contributed by atoms with Crippen LogP contribution in [0, 0.1) is 0 Å². The summed E-state index contributed by atoms with van der Waals surface area (Å²) in [6.07, 6.45) is 6.97.